The topological polar surface area (TPSA) is 35.6 Å². The van der Waals surface area contributed by atoms with Crippen LogP contribution in [0.1, 0.15) is 0 Å². The zero-order chi connectivity index (χ0) is 6.81. The van der Waals surface area contributed by atoms with Gasteiger partial charge >= 0.3 is 0 Å². The minimum absolute atomic E-state index is 0. The lowest BCUT2D eigenvalue weighted by Crippen LogP contribution is -2.05. The molecule has 2 rings (SSSR count). The van der Waals surface area contributed by atoms with Crippen LogP contribution >= 0.6 is 12.4 Å². The summed E-state index contributed by atoms with van der Waals surface area (Å²) in [6.45, 7) is 0. The largest absolute Gasteiger partial charge is 0.243 e. The molecule has 58 valence electrons. The lowest BCUT2D eigenvalue weighted by atomic mass is 10.8. The molecule has 0 aromatic carbocycles. The van der Waals surface area contributed by atoms with Gasteiger partial charge in [-0.15, -0.1) is 12.4 Å². The summed E-state index contributed by atoms with van der Waals surface area (Å²) in [5, 5.41) is 4.00. The number of imidazole rings is 1. The van der Waals surface area contributed by atoms with E-state index in [1.54, 1.807) is 28.2 Å². The Balaban J connectivity index is 0.000000605. The smallest absolute Gasteiger partial charge is 0.116 e. The van der Waals surface area contributed by atoms with E-state index >= 15 is 0 Å². The maximum absolute atomic E-state index is 4.00. The molecule has 0 unspecified atom stereocenters. The molecule has 0 radical (unpaired) electrons. The highest BCUT2D eigenvalue weighted by molar-refractivity contribution is 5.85. The fourth-order valence-corrected chi connectivity index (χ4v) is 0.771. The summed E-state index contributed by atoms with van der Waals surface area (Å²) in [6.07, 6.45) is 8.80. The van der Waals surface area contributed by atoms with Gasteiger partial charge in [-0.25, -0.2) is 9.66 Å². The first kappa shape index (κ1) is 7.81. The lowest BCUT2D eigenvalue weighted by molar-refractivity contribution is 0.573. The van der Waals surface area contributed by atoms with Gasteiger partial charge in [0.2, 0.25) is 0 Å². The van der Waals surface area contributed by atoms with Crippen molar-refractivity contribution >= 4 is 12.4 Å². The van der Waals surface area contributed by atoms with Crippen LogP contribution in [0, 0.1) is 0 Å². The Bertz CT molecular complexity index is 254. The molecule has 0 aliphatic carbocycles. The van der Waals surface area contributed by atoms with E-state index in [-0.39, 0.29) is 12.4 Å². The van der Waals surface area contributed by atoms with E-state index in [0.717, 1.165) is 0 Å². The molecule has 0 fully saturated rings. The van der Waals surface area contributed by atoms with Crippen LogP contribution < -0.4 is 0 Å². The van der Waals surface area contributed by atoms with Crippen molar-refractivity contribution in [1.29, 1.82) is 0 Å². The summed E-state index contributed by atoms with van der Waals surface area (Å²) in [7, 11) is 0. The van der Waals surface area contributed by atoms with E-state index in [4.69, 9.17) is 0 Å². The van der Waals surface area contributed by atoms with Gasteiger partial charge in [0.15, 0.2) is 0 Å². The highest BCUT2D eigenvalue weighted by atomic mass is 35.5. The Morgan fingerprint density at radius 2 is 2.00 bits per heavy atom. The second kappa shape index (κ2) is 3.21. The first-order valence-corrected chi connectivity index (χ1v) is 2.95. The monoisotopic (exact) mass is 170 g/mol. The van der Waals surface area contributed by atoms with E-state index in [0.29, 0.717) is 0 Å². The van der Waals surface area contributed by atoms with Crippen molar-refractivity contribution in [3.05, 3.63) is 37.2 Å². The van der Waals surface area contributed by atoms with E-state index < -0.39 is 0 Å². The normalized spacial score (nSPS) is 9.09. The SMILES string of the molecule is Cl.c1cnn(-n2ccnc2)c1. The summed E-state index contributed by atoms with van der Waals surface area (Å²) >= 11 is 0. The molecule has 0 spiro atoms. The predicted octanol–water partition coefficient (Wildman–Crippen LogP) is 0.813. The molecule has 0 amide bonds. The molecule has 2 aromatic rings. The highest BCUT2D eigenvalue weighted by Gasteiger charge is 1.88. The standard InChI is InChI=1S/C6H6N4.ClH/c1-2-8-10(4-1)9-5-3-7-6-9;/h1-6H;1H. The van der Waals surface area contributed by atoms with Gasteiger partial charge in [-0.2, -0.15) is 9.89 Å². The first-order chi connectivity index (χ1) is 4.97. The fourth-order valence-electron chi connectivity index (χ4n) is 0.771. The second-order valence-corrected chi connectivity index (χ2v) is 1.87. The van der Waals surface area contributed by atoms with Crippen LogP contribution in [0.15, 0.2) is 37.2 Å². The van der Waals surface area contributed by atoms with Gasteiger partial charge in [0, 0.05) is 18.6 Å². The number of aromatic nitrogens is 4. The molecular weight excluding hydrogens is 164 g/mol. The molecule has 0 aliphatic heterocycles. The van der Waals surface area contributed by atoms with Crippen LogP contribution in [-0.2, 0) is 0 Å². The Labute approximate surface area is 69.9 Å². The average molecular weight is 171 g/mol. The molecular formula is C6H7ClN4. The number of nitrogens with zero attached hydrogens (tertiary/aromatic N) is 4. The molecule has 5 heteroatoms. The molecule has 4 nitrogen and oxygen atoms in total. The average Bonchev–Trinajstić information content (AvgIpc) is 2.59. The third-order valence-electron chi connectivity index (χ3n) is 1.22. The van der Waals surface area contributed by atoms with Gasteiger partial charge in [-0.3, -0.25) is 0 Å². The molecule has 0 N–H and O–H groups in total. The summed E-state index contributed by atoms with van der Waals surface area (Å²) in [5.74, 6) is 0. The maximum Gasteiger partial charge on any atom is 0.116 e. The zero-order valence-electron chi connectivity index (χ0n) is 5.66. The van der Waals surface area contributed by atoms with Crippen LogP contribution in [0.25, 0.3) is 0 Å². The number of rotatable bonds is 1. The molecule has 0 bridgehead atoms. The van der Waals surface area contributed by atoms with Gasteiger partial charge < -0.3 is 0 Å². The van der Waals surface area contributed by atoms with Crippen molar-refractivity contribution in [1.82, 2.24) is 19.5 Å². The van der Waals surface area contributed by atoms with E-state index in [1.807, 2.05) is 18.5 Å². The Morgan fingerprint density at radius 3 is 2.55 bits per heavy atom. The maximum atomic E-state index is 4.00. The third-order valence-corrected chi connectivity index (χ3v) is 1.22. The Morgan fingerprint density at radius 1 is 1.09 bits per heavy atom. The van der Waals surface area contributed by atoms with Crippen molar-refractivity contribution in [3.63, 3.8) is 0 Å². The van der Waals surface area contributed by atoms with Crippen LogP contribution in [-0.4, -0.2) is 19.5 Å². The van der Waals surface area contributed by atoms with Gasteiger partial charge in [0.1, 0.15) is 6.33 Å². The minimum atomic E-state index is 0. The van der Waals surface area contributed by atoms with E-state index in [9.17, 15) is 0 Å². The number of halogens is 1. The minimum Gasteiger partial charge on any atom is -0.243 e. The van der Waals surface area contributed by atoms with Crippen molar-refractivity contribution < 1.29 is 0 Å². The van der Waals surface area contributed by atoms with Crippen LogP contribution in [0.5, 0.6) is 0 Å². The summed E-state index contributed by atoms with van der Waals surface area (Å²) in [4.78, 5) is 5.57. The van der Waals surface area contributed by atoms with E-state index in [2.05, 4.69) is 10.1 Å². The first-order valence-electron chi connectivity index (χ1n) is 2.95. The Kier molecular flexibility index (Phi) is 2.28. The van der Waals surface area contributed by atoms with Crippen molar-refractivity contribution in [2.24, 2.45) is 0 Å². The van der Waals surface area contributed by atoms with Gasteiger partial charge in [-0.1, -0.05) is 0 Å². The quantitative estimate of drug-likeness (QED) is 0.635. The predicted molar refractivity (Wildman–Crippen MR) is 42.5 cm³/mol. The van der Waals surface area contributed by atoms with Crippen LogP contribution in [0.3, 0.4) is 0 Å². The highest BCUT2D eigenvalue weighted by Crippen LogP contribution is 1.87. The summed E-state index contributed by atoms with van der Waals surface area (Å²) in [5.41, 5.74) is 0. The van der Waals surface area contributed by atoms with Crippen LogP contribution in [0.4, 0.5) is 0 Å². The summed E-state index contributed by atoms with van der Waals surface area (Å²) in [6, 6.07) is 1.86. The van der Waals surface area contributed by atoms with Gasteiger partial charge in [0.25, 0.3) is 0 Å². The molecule has 0 saturated carbocycles. The number of hydrogen-bond donors (Lipinski definition) is 0. The van der Waals surface area contributed by atoms with E-state index in [1.165, 1.54) is 0 Å². The van der Waals surface area contributed by atoms with Crippen molar-refractivity contribution in [2.45, 2.75) is 0 Å². The summed E-state index contributed by atoms with van der Waals surface area (Å²) < 4.78 is 1.78. The van der Waals surface area contributed by atoms with Crippen molar-refractivity contribution in [2.75, 3.05) is 0 Å². The van der Waals surface area contributed by atoms with Crippen molar-refractivity contribution in [3.8, 4) is 0 Å². The molecule has 0 atom stereocenters. The Hall–Kier alpha value is -1.29. The lowest BCUT2D eigenvalue weighted by Gasteiger charge is -1.97. The second-order valence-electron chi connectivity index (χ2n) is 1.87. The molecule has 0 saturated heterocycles. The third kappa shape index (κ3) is 1.40. The van der Waals surface area contributed by atoms with Gasteiger partial charge in [-0.05, 0) is 6.07 Å². The number of hydrogen-bond acceptors (Lipinski definition) is 2. The zero-order valence-corrected chi connectivity index (χ0v) is 6.48. The molecule has 2 heterocycles. The van der Waals surface area contributed by atoms with Crippen LogP contribution in [0.2, 0.25) is 0 Å². The van der Waals surface area contributed by atoms with Gasteiger partial charge in [0.05, 0.1) is 6.20 Å². The molecule has 0 aliphatic rings. The fraction of sp³-hybridized carbons (Fsp3) is 0. The molecule has 2 aromatic heterocycles. The molecule has 11 heavy (non-hydrogen) atoms.